The third-order valence-electron chi connectivity index (χ3n) is 2.35. The molecule has 0 saturated carbocycles. The van der Waals surface area contributed by atoms with Crippen LogP contribution in [0.1, 0.15) is 64.7 Å². The number of halogens is 1. The SMILES string of the molecule is CCCCCCCCCCC[NH3+].O.[Cl-]. The van der Waals surface area contributed by atoms with Gasteiger partial charge in [0.25, 0.3) is 0 Å². The van der Waals surface area contributed by atoms with Crippen molar-refractivity contribution < 1.29 is 23.6 Å². The van der Waals surface area contributed by atoms with Crippen molar-refractivity contribution in [3.8, 4) is 0 Å². The van der Waals surface area contributed by atoms with Gasteiger partial charge in [0, 0.05) is 0 Å². The maximum absolute atomic E-state index is 3.84. The molecule has 90 valence electrons. The summed E-state index contributed by atoms with van der Waals surface area (Å²) in [5, 5.41) is 0. The van der Waals surface area contributed by atoms with Crippen molar-refractivity contribution >= 4 is 0 Å². The highest BCUT2D eigenvalue weighted by Gasteiger charge is 1.90. The molecule has 0 aromatic rings. The number of hydrogen-bond acceptors (Lipinski definition) is 0. The minimum atomic E-state index is 0. The van der Waals surface area contributed by atoms with E-state index in [1.165, 1.54) is 57.8 Å². The highest BCUT2D eigenvalue weighted by molar-refractivity contribution is 4.45. The lowest BCUT2D eigenvalue weighted by Gasteiger charge is -1.99. The van der Waals surface area contributed by atoms with E-state index in [1.807, 2.05) is 0 Å². The fourth-order valence-corrected chi connectivity index (χ4v) is 1.49. The van der Waals surface area contributed by atoms with E-state index in [0.29, 0.717) is 0 Å². The predicted molar refractivity (Wildman–Crippen MR) is 58.6 cm³/mol. The molecule has 5 N–H and O–H groups in total. The standard InChI is InChI=1S/C11H25N.ClH.H2O/c1-2-3-4-5-6-7-8-9-10-11-12;;/h2-12H2,1H3;1H;1H2. The van der Waals surface area contributed by atoms with Crippen LogP contribution in [-0.2, 0) is 0 Å². The van der Waals surface area contributed by atoms with E-state index in [4.69, 9.17) is 0 Å². The molecule has 14 heavy (non-hydrogen) atoms. The fraction of sp³-hybridized carbons (Fsp3) is 1.00. The number of quaternary nitrogens is 1. The van der Waals surface area contributed by atoms with Crippen LogP contribution in [-0.4, -0.2) is 12.0 Å². The van der Waals surface area contributed by atoms with Gasteiger partial charge in [-0.3, -0.25) is 0 Å². The Labute approximate surface area is 95.4 Å². The summed E-state index contributed by atoms with van der Waals surface area (Å²) in [7, 11) is 0. The highest BCUT2D eigenvalue weighted by atomic mass is 35.5. The molecular formula is C11H28ClNO. The molecule has 0 amide bonds. The summed E-state index contributed by atoms with van der Waals surface area (Å²) in [6.07, 6.45) is 12.8. The van der Waals surface area contributed by atoms with Crippen molar-refractivity contribution in [3.63, 3.8) is 0 Å². The summed E-state index contributed by atoms with van der Waals surface area (Å²) in [6.45, 7) is 3.39. The van der Waals surface area contributed by atoms with E-state index < -0.39 is 0 Å². The second-order valence-corrected chi connectivity index (χ2v) is 3.68. The zero-order valence-electron chi connectivity index (χ0n) is 9.66. The second kappa shape index (κ2) is 18.9. The summed E-state index contributed by atoms with van der Waals surface area (Å²) in [5.74, 6) is 0. The Morgan fingerprint density at radius 3 is 1.43 bits per heavy atom. The predicted octanol–water partition coefficient (Wildman–Crippen LogP) is -1.06. The van der Waals surface area contributed by atoms with Gasteiger partial charge in [-0.05, 0) is 12.8 Å². The molecule has 3 heteroatoms. The van der Waals surface area contributed by atoms with Gasteiger partial charge in [-0.2, -0.15) is 0 Å². The maximum atomic E-state index is 3.84. The Morgan fingerprint density at radius 2 is 1.07 bits per heavy atom. The largest absolute Gasteiger partial charge is 1.00 e. The van der Waals surface area contributed by atoms with Crippen LogP contribution in [0.4, 0.5) is 0 Å². The summed E-state index contributed by atoms with van der Waals surface area (Å²) in [4.78, 5) is 0. The molecule has 0 atom stereocenters. The Morgan fingerprint density at radius 1 is 0.714 bits per heavy atom. The molecule has 0 aliphatic rings. The quantitative estimate of drug-likeness (QED) is 0.487. The second-order valence-electron chi connectivity index (χ2n) is 3.68. The van der Waals surface area contributed by atoms with Gasteiger partial charge in [-0.15, -0.1) is 0 Å². The van der Waals surface area contributed by atoms with Gasteiger partial charge in [0.05, 0.1) is 6.54 Å². The smallest absolute Gasteiger partial charge is 0.0739 e. The van der Waals surface area contributed by atoms with Gasteiger partial charge in [-0.1, -0.05) is 51.9 Å². The maximum Gasteiger partial charge on any atom is 0.0739 e. The van der Waals surface area contributed by atoms with Crippen LogP contribution in [0.3, 0.4) is 0 Å². The Kier molecular flexibility index (Phi) is 26.6. The van der Waals surface area contributed by atoms with E-state index >= 15 is 0 Å². The lowest BCUT2D eigenvalue weighted by atomic mass is 10.1. The third-order valence-corrected chi connectivity index (χ3v) is 2.35. The molecule has 0 radical (unpaired) electrons. The van der Waals surface area contributed by atoms with Gasteiger partial charge < -0.3 is 23.6 Å². The molecule has 0 aliphatic heterocycles. The molecule has 0 rings (SSSR count). The first-order valence-electron chi connectivity index (χ1n) is 5.71. The third kappa shape index (κ3) is 18.1. The molecule has 0 aliphatic carbocycles. The zero-order valence-corrected chi connectivity index (χ0v) is 10.4. The van der Waals surface area contributed by atoms with Crippen molar-refractivity contribution in [2.24, 2.45) is 0 Å². The Bertz CT molecular complexity index is 71.7. The van der Waals surface area contributed by atoms with Crippen LogP contribution in [0.5, 0.6) is 0 Å². The van der Waals surface area contributed by atoms with Crippen LogP contribution >= 0.6 is 0 Å². The van der Waals surface area contributed by atoms with Crippen LogP contribution < -0.4 is 18.1 Å². The van der Waals surface area contributed by atoms with Crippen molar-refractivity contribution in [1.82, 2.24) is 0 Å². The van der Waals surface area contributed by atoms with Gasteiger partial charge in [0.2, 0.25) is 0 Å². The molecule has 0 aromatic carbocycles. The fourth-order valence-electron chi connectivity index (χ4n) is 1.49. The molecular weight excluding hydrogens is 198 g/mol. The number of hydrogen-bond donors (Lipinski definition) is 1. The minimum Gasteiger partial charge on any atom is -1.00 e. The lowest BCUT2D eigenvalue weighted by Crippen LogP contribution is -3.00. The van der Waals surface area contributed by atoms with Crippen LogP contribution in [0.15, 0.2) is 0 Å². The van der Waals surface area contributed by atoms with Gasteiger partial charge >= 0.3 is 0 Å². The van der Waals surface area contributed by atoms with Gasteiger partial charge in [-0.25, -0.2) is 0 Å². The van der Waals surface area contributed by atoms with Crippen molar-refractivity contribution in [1.29, 1.82) is 0 Å². The molecule has 0 bridgehead atoms. The first-order valence-corrected chi connectivity index (χ1v) is 5.71. The average Bonchev–Trinajstić information content (AvgIpc) is 2.10. The Hall–Kier alpha value is 0.210. The zero-order chi connectivity index (χ0) is 9.07. The molecule has 0 aromatic heterocycles. The highest BCUT2D eigenvalue weighted by Crippen LogP contribution is 2.08. The molecule has 0 heterocycles. The monoisotopic (exact) mass is 225 g/mol. The number of rotatable bonds is 9. The van der Waals surface area contributed by atoms with E-state index in [0.717, 1.165) is 6.54 Å². The summed E-state index contributed by atoms with van der Waals surface area (Å²) < 4.78 is 0. The molecule has 0 unspecified atom stereocenters. The van der Waals surface area contributed by atoms with Crippen LogP contribution in [0.25, 0.3) is 0 Å². The molecule has 0 saturated heterocycles. The van der Waals surface area contributed by atoms with E-state index in [1.54, 1.807) is 0 Å². The minimum absolute atomic E-state index is 0. The number of unbranched alkanes of at least 4 members (excludes halogenated alkanes) is 8. The average molecular weight is 226 g/mol. The topological polar surface area (TPSA) is 59.1 Å². The first-order chi connectivity index (χ1) is 5.91. The normalized spacial score (nSPS) is 9.00. The van der Waals surface area contributed by atoms with Crippen LogP contribution in [0.2, 0.25) is 0 Å². The van der Waals surface area contributed by atoms with Crippen molar-refractivity contribution in [2.75, 3.05) is 6.54 Å². The summed E-state index contributed by atoms with van der Waals surface area (Å²) in [5.41, 5.74) is 3.84. The van der Waals surface area contributed by atoms with Crippen molar-refractivity contribution in [3.05, 3.63) is 0 Å². The van der Waals surface area contributed by atoms with Crippen LogP contribution in [0, 0.1) is 0 Å². The summed E-state index contributed by atoms with van der Waals surface area (Å²) in [6, 6.07) is 0. The van der Waals surface area contributed by atoms with Gasteiger partial charge in [0.1, 0.15) is 0 Å². The lowest BCUT2D eigenvalue weighted by molar-refractivity contribution is -0.368. The molecule has 0 spiro atoms. The first kappa shape index (κ1) is 19.7. The van der Waals surface area contributed by atoms with Crippen molar-refractivity contribution in [2.45, 2.75) is 64.7 Å². The molecule has 2 nitrogen and oxygen atoms in total. The summed E-state index contributed by atoms with van der Waals surface area (Å²) >= 11 is 0. The van der Waals surface area contributed by atoms with E-state index in [9.17, 15) is 0 Å². The van der Waals surface area contributed by atoms with Gasteiger partial charge in [0.15, 0.2) is 0 Å². The van der Waals surface area contributed by atoms with E-state index in [-0.39, 0.29) is 17.9 Å². The Balaban J connectivity index is -0.000000605. The van der Waals surface area contributed by atoms with E-state index in [2.05, 4.69) is 12.7 Å². The molecule has 0 fully saturated rings.